The lowest BCUT2D eigenvalue weighted by molar-refractivity contribution is -0.147. The lowest BCUT2D eigenvalue weighted by Gasteiger charge is -2.28. The number of carbonyl (C=O) groups is 1. The number of carbonyl (C=O) groups excluding carboxylic acids is 1. The molecule has 1 aliphatic carbocycles. The number of ether oxygens (including phenoxy) is 1. The molecule has 1 N–H and O–H groups in total. The molecule has 1 saturated carbocycles. The highest BCUT2D eigenvalue weighted by Gasteiger charge is 2.24. The molecule has 0 aliphatic heterocycles. The number of hydrogen-bond donors (Lipinski definition) is 1. The van der Waals surface area contributed by atoms with Crippen LogP contribution in [0.3, 0.4) is 0 Å². The van der Waals surface area contributed by atoms with Gasteiger partial charge in [-0.15, -0.1) is 11.3 Å². The number of halogens is 1. The lowest BCUT2D eigenvalue weighted by Crippen LogP contribution is -2.22. The van der Waals surface area contributed by atoms with Gasteiger partial charge in [0.2, 0.25) is 0 Å². The minimum absolute atomic E-state index is 0.0865. The van der Waals surface area contributed by atoms with Crippen LogP contribution in [0, 0.1) is 0 Å². The second kappa shape index (κ2) is 8.97. The molecule has 4 nitrogen and oxygen atoms in total. The fourth-order valence-electron chi connectivity index (χ4n) is 3.83. The summed E-state index contributed by atoms with van der Waals surface area (Å²) in [6, 6.07) is 16.3. The summed E-state index contributed by atoms with van der Waals surface area (Å²) in [5.41, 5.74) is 4.35. The molecule has 6 heteroatoms. The Bertz CT molecular complexity index is 979. The van der Waals surface area contributed by atoms with E-state index in [-0.39, 0.29) is 12.1 Å². The topological polar surface area (TPSA) is 51.2 Å². The molecular weight excluding hydrogens is 404 g/mol. The molecule has 0 bridgehead atoms. The smallest absolute Gasteiger partial charge is 0.302 e. The third-order valence-corrected chi connectivity index (χ3v) is 6.26. The fraction of sp³-hybridized carbons (Fsp3) is 0.304. The van der Waals surface area contributed by atoms with Gasteiger partial charge in [0.1, 0.15) is 6.10 Å². The van der Waals surface area contributed by atoms with Crippen molar-refractivity contribution in [1.82, 2.24) is 4.98 Å². The first-order valence-electron chi connectivity index (χ1n) is 9.82. The minimum atomic E-state index is -0.176. The van der Waals surface area contributed by atoms with E-state index in [4.69, 9.17) is 21.3 Å². The van der Waals surface area contributed by atoms with E-state index in [1.807, 2.05) is 24.3 Å². The molecule has 1 aromatic heterocycles. The second-order valence-corrected chi connectivity index (χ2v) is 8.67. The van der Waals surface area contributed by atoms with Gasteiger partial charge in [-0.3, -0.25) is 4.79 Å². The van der Waals surface area contributed by atoms with Crippen LogP contribution >= 0.6 is 22.9 Å². The lowest BCUT2D eigenvalue weighted by atomic mass is 9.82. The zero-order valence-electron chi connectivity index (χ0n) is 16.2. The molecule has 0 unspecified atom stereocenters. The van der Waals surface area contributed by atoms with E-state index < -0.39 is 0 Å². The summed E-state index contributed by atoms with van der Waals surface area (Å²) in [6.07, 6.45) is 4.08. The molecule has 3 aromatic rings. The Kier molecular flexibility index (Phi) is 6.16. The van der Waals surface area contributed by atoms with Crippen LogP contribution in [0.2, 0.25) is 5.02 Å². The normalized spacial score (nSPS) is 19.0. The predicted molar refractivity (Wildman–Crippen MR) is 119 cm³/mol. The van der Waals surface area contributed by atoms with Crippen molar-refractivity contribution < 1.29 is 9.53 Å². The van der Waals surface area contributed by atoms with Gasteiger partial charge >= 0.3 is 5.97 Å². The Morgan fingerprint density at radius 3 is 2.59 bits per heavy atom. The first-order chi connectivity index (χ1) is 14.1. The van der Waals surface area contributed by atoms with Crippen molar-refractivity contribution in [3.63, 3.8) is 0 Å². The maximum atomic E-state index is 11.1. The molecule has 0 atom stereocenters. The number of rotatable bonds is 5. The number of anilines is 2. The molecule has 0 saturated heterocycles. The monoisotopic (exact) mass is 426 g/mol. The molecule has 2 aromatic carbocycles. The number of hydrogen-bond acceptors (Lipinski definition) is 5. The van der Waals surface area contributed by atoms with Crippen molar-refractivity contribution in [2.75, 3.05) is 5.32 Å². The van der Waals surface area contributed by atoms with Crippen LogP contribution < -0.4 is 5.32 Å². The van der Waals surface area contributed by atoms with E-state index in [0.29, 0.717) is 10.9 Å². The van der Waals surface area contributed by atoms with Crippen molar-refractivity contribution in [2.24, 2.45) is 0 Å². The molecule has 0 spiro atoms. The van der Waals surface area contributed by atoms with E-state index in [9.17, 15) is 4.79 Å². The molecule has 150 valence electrons. The first kappa shape index (κ1) is 19.9. The van der Waals surface area contributed by atoms with Crippen LogP contribution in [0.25, 0.3) is 11.3 Å². The summed E-state index contributed by atoms with van der Waals surface area (Å²) in [5, 5.41) is 6.91. The summed E-state index contributed by atoms with van der Waals surface area (Å²) in [6.45, 7) is 1.49. The highest BCUT2D eigenvalue weighted by Crippen LogP contribution is 2.35. The zero-order chi connectivity index (χ0) is 20.2. The van der Waals surface area contributed by atoms with E-state index in [0.717, 1.165) is 47.8 Å². The van der Waals surface area contributed by atoms with Crippen molar-refractivity contribution in [3.05, 3.63) is 64.5 Å². The van der Waals surface area contributed by atoms with Crippen LogP contribution in [-0.2, 0) is 9.53 Å². The SMILES string of the molecule is CC(=O)OC1CCC(c2ccc(-c3csc(Nc4cccc(Cl)c4)n3)cc2)CC1. The van der Waals surface area contributed by atoms with Crippen LogP contribution in [0.5, 0.6) is 0 Å². The number of esters is 1. The standard InChI is InChI=1S/C23H23ClN2O2S/c1-15(27)28-21-11-9-17(10-12-21)16-5-7-18(8-6-16)22-14-29-23(26-22)25-20-4-2-3-19(24)13-20/h2-8,13-14,17,21H,9-12H2,1H3,(H,25,26). The maximum absolute atomic E-state index is 11.1. The number of thiazole rings is 1. The predicted octanol–water partition coefficient (Wildman–Crippen LogP) is 6.80. The van der Waals surface area contributed by atoms with Crippen LogP contribution in [0.15, 0.2) is 53.9 Å². The minimum Gasteiger partial charge on any atom is -0.463 e. The highest BCUT2D eigenvalue weighted by molar-refractivity contribution is 7.14. The average molecular weight is 427 g/mol. The maximum Gasteiger partial charge on any atom is 0.302 e. The van der Waals surface area contributed by atoms with Crippen molar-refractivity contribution in [3.8, 4) is 11.3 Å². The molecular formula is C23H23ClN2O2S. The third-order valence-electron chi connectivity index (χ3n) is 5.26. The molecule has 1 aliphatic rings. The Labute approximate surface area is 179 Å². The summed E-state index contributed by atoms with van der Waals surface area (Å²) < 4.78 is 5.34. The molecule has 0 radical (unpaired) electrons. The fourth-order valence-corrected chi connectivity index (χ4v) is 4.76. The average Bonchev–Trinajstić information content (AvgIpc) is 3.17. The van der Waals surface area contributed by atoms with Gasteiger partial charge in [-0.1, -0.05) is 41.9 Å². The summed E-state index contributed by atoms with van der Waals surface area (Å²) >= 11 is 7.62. The summed E-state index contributed by atoms with van der Waals surface area (Å²) in [7, 11) is 0. The summed E-state index contributed by atoms with van der Waals surface area (Å²) in [5.74, 6) is 0.358. The van der Waals surface area contributed by atoms with Gasteiger partial charge in [-0.25, -0.2) is 4.98 Å². The number of aromatic nitrogens is 1. The van der Waals surface area contributed by atoms with Gasteiger partial charge in [0, 0.05) is 28.6 Å². The summed E-state index contributed by atoms with van der Waals surface area (Å²) in [4.78, 5) is 15.8. The Balaban J connectivity index is 1.38. The van der Waals surface area contributed by atoms with Crippen molar-refractivity contribution >= 4 is 39.7 Å². The van der Waals surface area contributed by atoms with E-state index in [2.05, 4.69) is 35.0 Å². The van der Waals surface area contributed by atoms with Gasteiger partial charge in [0.15, 0.2) is 5.13 Å². The van der Waals surface area contributed by atoms with Crippen LogP contribution in [0.4, 0.5) is 10.8 Å². The Hall–Kier alpha value is -2.37. The highest BCUT2D eigenvalue weighted by atomic mass is 35.5. The first-order valence-corrected chi connectivity index (χ1v) is 11.1. The van der Waals surface area contributed by atoms with E-state index in [1.54, 1.807) is 11.3 Å². The number of nitrogens with zero attached hydrogens (tertiary/aromatic N) is 1. The molecule has 1 fully saturated rings. The van der Waals surface area contributed by atoms with Crippen molar-refractivity contribution in [1.29, 1.82) is 0 Å². The molecule has 0 amide bonds. The van der Waals surface area contributed by atoms with Gasteiger partial charge in [0.25, 0.3) is 0 Å². The number of benzene rings is 2. The van der Waals surface area contributed by atoms with Gasteiger partial charge < -0.3 is 10.1 Å². The van der Waals surface area contributed by atoms with Crippen LogP contribution in [0.1, 0.15) is 44.1 Å². The third kappa shape index (κ3) is 5.17. The van der Waals surface area contributed by atoms with Gasteiger partial charge in [0.05, 0.1) is 5.69 Å². The van der Waals surface area contributed by atoms with Gasteiger partial charge in [-0.05, 0) is 55.4 Å². The molecule has 4 rings (SSSR count). The Morgan fingerprint density at radius 2 is 1.90 bits per heavy atom. The molecule has 29 heavy (non-hydrogen) atoms. The quantitative estimate of drug-likeness (QED) is 0.456. The van der Waals surface area contributed by atoms with Crippen LogP contribution in [-0.4, -0.2) is 17.1 Å². The van der Waals surface area contributed by atoms with E-state index >= 15 is 0 Å². The number of nitrogens with one attached hydrogen (secondary N) is 1. The molecule has 1 heterocycles. The second-order valence-electron chi connectivity index (χ2n) is 7.38. The van der Waals surface area contributed by atoms with Gasteiger partial charge in [-0.2, -0.15) is 0 Å². The van der Waals surface area contributed by atoms with Crippen molar-refractivity contribution in [2.45, 2.75) is 44.6 Å². The zero-order valence-corrected chi connectivity index (χ0v) is 17.8. The Morgan fingerprint density at radius 1 is 1.14 bits per heavy atom. The largest absolute Gasteiger partial charge is 0.463 e. The van der Waals surface area contributed by atoms with E-state index in [1.165, 1.54) is 12.5 Å².